The van der Waals surface area contributed by atoms with Gasteiger partial charge in [0.2, 0.25) is 0 Å². The lowest BCUT2D eigenvalue weighted by Crippen LogP contribution is -1.95. The molecule has 1 aromatic carbocycles. The number of pyridine rings is 1. The van der Waals surface area contributed by atoms with Gasteiger partial charge < -0.3 is 10.7 Å². The van der Waals surface area contributed by atoms with E-state index < -0.39 is 0 Å². The Morgan fingerprint density at radius 2 is 2.12 bits per heavy atom. The Bertz CT molecular complexity index is 657. The fourth-order valence-electron chi connectivity index (χ4n) is 1.83. The van der Waals surface area contributed by atoms with E-state index in [0.717, 1.165) is 28.0 Å². The van der Waals surface area contributed by atoms with Crippen LogP contribution in [0.2, 0.25) is 0 Å². The first-order chi connectivity index (χ1) is 8.36. The van der Waals surface area contributed by atoms with Crippen molar-refractivity contribution in [3.8, 4) is 11.4 Å². The number of imidazole rings is 1. The van der Waals surface area contributed by atoms with Crippen LogP contribution in [0, 0.1) is 0 Å². The highest BCUT2D eigenvalue weighted by Crippen LogP contribution is 2.20. The zero-order chi connectivity index (χ0) is 11.7. The van der Waals surface area contributed by atoms with Crippen molar-refractivity contribution in [2.24, 2.45) is 5.73 Å². The molecule has 0 aliphatic carbocycles. The summed E-state index contributed by atoms with van der Waals surface area (Å²) in [5, 5.41) is 1.11. The summed E-state index contributed by atoms with van der Waals surface area (Å²) >= 11 is 0. The van der Waals surface area contributed by atoms with E-state index in [1.54, 1.807) is 12.4 Å². The van der Waals surface area contributed by atoms with Gasteiger partial charge in [0.25, 0.3) is 0 Å². The average molecular weight is 224 g/mol. The molecule has 0 fully saturated rings. The van der Waals surface area contributed by atoms with Crippen LogP contribution in [-0.2, 0) is 6.54 Å². The SMILES string of the molecule is NCc1cnc(-c2ccc3ncccc3c2)[nH]1. The molecule has 0 amide bonds. The van der Waals surface area contributed by atoms with Gasteiger partial charge in [0.15, 0.2) is 0 Å². The lowest BCUT2D eigenvalue weighted by molar-refractivity contribution is 1.01. The molecule has 0 aliphatic rings. The Balaban J connectivity index is 2.11. The molecule has 3 rings (SSSR count). The van der Waals surface area contributed by atoms with Gasteiger partial charge in [0.1, 0.15) is 5.82 Å². The molecule has 3 aromatic rings. The van der Waals surface area contributed by atoms with Crippen LogP contribution in [0.1, 0.15) is 5.69 Å². The van der Waals surface area contributed by atoms with Crippen molar-refractivity contribution in [1.82, 2.24) is 15.0 Å². The van der Waals surface area contributed by atoms with Gasteiger partial charge in [-0.1, -0.05) is 6.07 Å². The largest absolute Gasteiger partial charge is 0.341 e. The minimum Gasteiger partial charge on any atom is -0.341 e. The lowest BCUT2D eigenvalue weighted by atomic mass is 10.1. The van der Waals surface area contributed by atoms with E-state index in [0.29, 0.717) is 6.54 Å². The number of nitrogens with zero attached hydrogens (tertiary/aromatic N) is 2. The van der Waals surface area contributed by atoms with E-state index in [9.17, 15) is 0 Å². The van der Waals surface area contributed by atoms with Crippen LogP contribution in [0.4, 0.5) is 0 Å². The Hall–Kier alpha value is -2.20. The summed E-state index contributed by atoms with van der Waals surface area (Å²) < 4.78 is 0. The predicted molar refractivity (Wildman–Crippen MR) is 67.2 cm³/mol. The summed E-state index contributed by atoms with van der Waals surface area (Å²) in [7, 11) is 0. The van der Waals surface area contributed by atoms with E-state index in [1.807, 2.05) is 24.3 Å². The number of nitrogens with two attached hydrogens (primary N) is 1. The van der Waals surface area contributed by atoms with Crippen LogP contribution in [0.3, 0.4) is 0 Å². The van der Waals surface area contributed by atoms with Crippen molar-refractivity contribution >= 4 is 10.9 Å². The number of hydrogen-bond acceptors (Lipinski definition) is 3. The molecule has 4 nitrogen and oxygen atoms in total. The highest BCUT2D eigenvalue weighted by atomic mass is 14.9. The van der Waals surface area contributed by atoms with E-state index in [-0.39, 0.29) is 0 Å². The molecule has 17 heavy (non-hydrogen) atoms. The number of benzene rings is 1. The average Bonchev–Trinajstić information content (AvgIpc) is 2.87. The molecule has 0 bridgehead atoms. The van der Waals surface area contributed by atoms with Crippen molar-refractivity contribution in [2.45, 2.75) is 6.54 Å². The molecule has 2 aromatic heterocycles. The van der Waals surface area contributed by atoms with Crippen molar-refractivity contribution < 1.29 is 0 Å². The van der Waals surface area contributed by atoms with Crippen molar-refractivity contribution in [3.63, 3.8) is 0 Å². The summed E-state index contributed by atoms with van der Waals surface area (Å²) in [6, 6.07) is 10.0. The van der Waals surface area contributed by atoms with Gasteiger partial charge in [-0.05, 0) is 24.3 Å². The zero-order valence-corrected chi connectivity index (χ0v) is 9.22. The number of aromatic amines is 1. The number of H-pyrrole nitrogens is 1. The minimum atomic E-state index is 0.474. The van der Waals surface area contributed by atoms with Crippen LogP contribution in [-0.4, -0.2) is 15.0 Å². The van der Waals surface area contributed by atoms with Crippen LogP contribution < -0.4 is 5.73 Å². The topological polar surface area (TPSA) is 67.6 Å². The van der Waals surface area contributed by atoms with Crippen molar-refractivity contribution in [2.75, 3.05) is 0 Å². The zero-order valence-electron chi connectivity index (χ0n) is 9.22. The second kappa shape index (κ2) is 3.99. The van der Waals surface area contributed by atoms with Crippen LogP contribution >= 0.6 is 0 Å². The number of nitrogens with one attached hydrogen (secondary N) is 1. The van der Waals surface area contributed by atoms with Gasteiger partial charge in [-0.15, -0.1) is 0 Å². The van der Waals surface area contributed by atoms with Gasteiger partial charge >= 0.3 is 0 Å². The maximum absolute atomic E-state index is 5.55. The Morgan fingerprint density at radius 3 is 2.94 bits per heavy atom. The summed E-state index contributed by atoms with van der Waals surface area (Å²) in [4.78, 5) is 11.8. The Labute approximate surface area is 98.5 Å². The number of hydrogen-bond donors (Lipinski definition) is 2. The number of rotatable bonds is 2. The first-order valence-electron chi connectivity index (χ1n) is 5.46. The highest BCUT2D eigenvalue weighted by Gasteiger charge is 2.03. The maximum atomic E-state index is 5.55. The highest BCUT2D eigenvalue weighted by molar-refractivity contribution is 5.83. The fourth-order valence-corrected chi connectivity index (χ4v) is 1.83. The Morgan fingerprint density at radius 1 is 1.18 bits per heavy atom. The molecule has 0 atom stereocenters. The summed E-state index contributed by atoms with van der Waals surface area (Å²) in [5.41, 5.74) is 8.52. The second-order valence-electron chi connectivity index (χ2n) is 3.87. The molecule has 0 saturated carbocycles. The van der Waals surface area contributed by atoms with Crippen LogP contribution in [0.25, 0.3) is 22.3 Å². The molecule has 0 aliphatic heterocycles. The van der Waals surface area contributed by atoms with Gasteiger partial charge in [0, 0.05) is 35.6 Å². The van der Waals surface area contributed by atoms with Crippen molar-refractivity contribution in [1.29, 1.82) is 0 Å². The van der Waals surface area contributed by atoms with E-state index >= 15 is 0 Å². The first kappa shape index (κ1) is 9.99. The molecule has 84 valence electrons. The molecular formula is C13H12N4. The van der Waals surface area contributed by atoms with Gasteiger partial charge in [0.05, 0.1) is 5.52 Å². The molecule has 3 N–H and O–H groups in total. The van der Waals surface area contributed by atoms with Gasteiger partial charge in [-0.3, -0.25) is 4.98 Å². The second-order valence-corrected chi connectivity index (χ2v) is 3.87. The lowest BCUT2D eigenvalue weighted by Gasteiger charge is -2.00. The summed E-state index contributed by atoms with van der Waals surface area (Å²) in [5.74, 6) is 0.844. The normalized spacial score (nSPS) is 10.9. The van der Waals surface area contributed by atoms with Crippen LogP contribution in [0.15, 0.2) is 42.7 Å². The third kappa shape index (κ3) is 1.79. The molecule has 0 radical (unpaired) electrons. The molecular weight excluding hydrogens is 212 g/mol. The molecule has 0 unspecified atom stereocenters. The molecule has 2 heterocycles. The number of fused-ring (bicyclic) bond motifs is 1. The quantitative estimate of drug-likeness (QED) is 0.700. The number of aromatic nitrogens is 3. The van der Waals surface area contributed by atoms with E-state index in [4.69, 9.17) is 5.73 Å². The van der Waals surface area contributed by atoms with Crippen molar-refractivity contribution in [3.05, 3.63) is 48.4 Å². The molecule has 0 saturated heterocycles. The maximum Gasteiger partial charge on any atom is 0.137 e. The molecule has 0 spiro atoms. The summed E-state index contributed by atoms with van der Waals surface area (Å²) in [6.45, 7) is 0.474. The third-order valence-electron chi connectivity index (χ3n) is 2.72. The summed E-state index contributed by atoms with van der Waals surface area (Å²) in [6.07, 6.45) is 3.56. The van der Waals surface area contributed by atoms with Gasteiger partial charge in [-0.25, -0.2) is 4.98 Å². The predicted octanol–water partition coefficient (Wildman–Crippen LogP) is 2.08. The molecule has 4 heteroatoms. The van der Waals surface area contributed by atoms with Gasteiger partial charge in [-0.2, -0.15) is 0 Å². The smallest absolute Gasteiger partial charge is 0.137 e. The van der Waals surface area contributed by atoms with E-state index in [1.165, 1.54) is 0 Å². The Kier molecular flexibility index (Phi) is 2.34. The van der Waals surface area contributed by atoms with E-state index in [2.05, 4.69) is 21.0 Å². The first-order valence-corrected chi connectivity index (χ1v) is 5.46. The minimum absolute atomic E-state index is 0.474. The fraction of sp³-hybridized carbons (Fsp3) is 0.0769. The third-order valence-corrected chi connectivity index (χ3v) is 2.72. The monoisotopic (exact) mass is 224 g/mol. The van der Waals surface area contributed by atoms with Crippen LogP contribution in [0.5, 0.6) is 0 Å². The standard InChI is InChI=1S/C13H12N4/c14-7-11-8-16-13(17-11)10-3-4-12-9(6-10)2-1-5-15-12/h1-6,8H,7,14H2,(H,16,17).